The Kier molecular flexibility index (Phi) is 6.92. The molecule has 0 bridgehead atoms. The number of hydrogen-bond acceptors (Lipinski definition) is 3. The minimum absolute atomic E-state index is 0.0885. The third-order valence-corrected chi connectivity index (χ3v) is 6.34. The molecule has 1 aliphatic heterocycles. The van der Waals surface area contributed by atoms with Crippen molar-refractivity contribution >= 4 is 51.5 Å². The number of carbonyl (C=O) groups is 1. The molecule has 4 nitrogen and oxygen atoms in total. The second-order valence-corrected chi connectivity index (χ2v) is 9.02. The van der Waals surface area contributed by atoms with E-state index in [1.165, 1.54) is 11.3 Å². The summed E-state index contributed by atoms with van der Waals surface area (Å²) in [5, 5.41) is 3.81. The zero-order valence-corrected chi connectivity index (χ0v) is 19.4. The second kappa shape index (κ2) is 9.81. The van der Waals surface area contributed by atoms with Gasteiger partial charge in [-0.25, -0.2) is 0 Å². The summed E-state index contributed by atoms with van der Waals surface area (Å²) in [5.41, 5.74) is 3.83. The molecule has 3 aromatic rings. The summed E-state index contributed by atoms with van der Waals surface area (Å²) in [7, 11) is 0. The molecule has 0 atom stereocenters. The van der Waals surface area contributed by atoms with Crippen LogP contribution in [-0.2, 0) is 6.54 Å². The number of anilines is 2. The van der Waals surface area contributed by atoms with Crippen molar-refractivity contribution in [3.63, 3.8) is 0 Å². The number of hydrogen-bond donors (Lipinski definition) is 1. The molecular weight excluding hydrogens is 509 g/mol. The Labute approximate surface area is 196 Å². The molecule has 0 saturated carbocycles. The molecule has 6 heteroatoms. The van der Waals surface area contributed by atoms with E-state index < -0.39 is 0 Å². The second-order valence-electron chi connectivity index (χ2n) is 7.37. The van der Waals surface area contributed by atoms with Gasteiger partial charge in [-0.05, 0) is 76.7 Å². The molecular formula is C24H23ClIN3O. The Bertz CT molecular complexity index is 1020. The first-order valence-corrected chi connectivity index (χ1v) is 11.4. The van der Waals surface area contributed by atoms with Crippen molar-refractivity contribution in [2.24, 2.45) is 0 Å². The fraction of sp³-hybridized carbons (Fsp3) is 0.208. The molecule has 30 heavy (non-hydrogen) atoms. The van der Waals surface area contributed by atoms with Gasteiger partial charge in [-0.15, -0.1) is 0 Å². The third-order valence-electron chi connectivity index (χ3n) is 5.30. The van der Waals surface area contributed by atoms with Crippen LogP contribution in [0.2, 0.25) is 5.02 Å². The lowest BCUT2D eigenvalue weighted by Crippen LogP contribution is -2.46. The molecule has 1 N–H and O–H groups in total. The molecule has 0 aromatic heterocycles. The number of nitrogens with zero attached hydrogens (tertiary/aromatic N) is 2. The van der Waals surface area contributed by atoms with Crippen LogP contribution in [0.5, 0.6) is 0 Å². The van der Waals surface area contributed by atoms with E-state index in [4.69, 9.17) is 11.6 Å². The molecule has 1 saturated heterocycles. The normalized spacial score (nSPS) is 14.5. The highest BCUT2D eigenvalue weighted by molar-refractivity contribution is 14.1. The van der Waals surface area contributed by atoms with E-state index in [9.17, 15) is 4.79 Å². The summed E-state index contributed by atoms with van der Waals surface area (Å²) in [4.78, 5) is 17.2. The third kappa shape index (κ3) is 5.33. The van der Waals surface area contributed by atoms with Crippen LogP contribution in [0.3, 0.4) is 0 Å². The van der Waals surface area contributed by atoms with Gasteiger partial charge >= 0.3 is 0 Å². The molecule has 0 radical (unpaired) electrons. The zero-order chi connectivity index (χ0) is 20.9. The van der Waals surface area contributed by atoms with Gasteiger partial charge in [0.2, 0.25) is 0 Å². The Morgan fingerprint density at radius 1 is 0.933 bits per heavy atom. The van der Waals surface area contributed by atoms with Gasteiger partial charge in [-0.3, -0.25) is 9.69 Å². The highest BCUT2D eigenvalue weighted by atomic mass is 127. The van der Waals surface area contributed by atoms with Gasteiger partial charge < -0.3 is 10.2 Å². The van der Waals surface area contributed by atoms with Gasteiger partial charge in [0, 0.05) is 58.3 Å². The molecule has 1 amide bonds. The van der Waals surface area contributed by atoms with Crippen molar-refractivity contribution in [2.45, 2.75) is 6.54 Å². The van der Waals surface area contributed by atoms with Crippen molar-refractivity contribution in [1.29, 1.82) is 0 Å². The standard InChI is InChI=1S/C24H23ClIN3O/c25-23-7-2-1-4-19(23)17-28-12-14-29(15-13-28)22-10-8-21(9-11-22)27-24(30)18-5-3-6-20(26)16-18/h1-11,16H,12-15,17H2,(H,27,30). The number of rotatable bonds is 5. The minimum Gasteiger partial charge on any atom is -0.369 e. The van der Waals surface area contributed by atoms with Gasteiger partial charge in [0.05, 0.1) is 0 Å². The lowest BCUT2D eigenvalue weighted by molar-refractivity contribution is 0.102. The molecule has 1 heterocycles. The number of amides is 1. The van der Waals surface area contributed by atoms with E-state index >= 15 is 0 Å². The molecule has 0 aliphatic carbocycles. The van der Waals surface area contributed by atoms with Gasteiger partial charge in [-0.2, -0.15) is 0 Å². The smallest absolute Gasteiger partial charge is 0.255 e. The molecule has 3 aromatic carbocycles. The predicted molar refractivity (Wildman–Crippen MR) is 132 cm³/mol. The lowest BCUT2D eigenvalue weighted by Gasteiger charge is -2.36. The fourth-order valence-electron chi connectivity index (χ4n) is 3.62. The summed E-state index contributed by atoms with van der Waals surface area (Å²) >= 11 is 8.51. The van der Waals surface area contributed by atoms with Gasteiger partial charge in [0.15, 0.2) is 0 Å². The van der Waals surface area contributed by atoms with Crippen LogP contribution in [0.25, 0.3) is 0 Å². The van der Waals surface area contributed by atoms with E-state index in [-0.39, 0.29) is 5.91 Å². The van der Waals surface area contributed by atoms with Crippen molar-refractivity contribution in [2.75, 3.05) is 36.4 Å². The summed E-state index contributed by atoms with van der Waals surface area (Å²) in [6.45, 7) is 4.82. The van der Waals surface area contributed by atoms with E-state index in [0.717, 1.165) is 47.0 Å². The molecule has 0 spiro atoms. The monoisotopic (exact) mass is 531 g/mol. The average molecular weight is 532 g/mol. The Morgan fingerprint density at radius 3 is 2.37 bits per heavy atom. The summed E-state index contributed by atoms with van der Waals surface area (Å²) in [6, 6.07) is 23.7. The summed E-state index contributed by atoms with van der Waals surface area (Å²) in [6.07, 6.45) is 0. The Hall–Kier alpha value is -2.09. The maximum absolute atomic E-state index is 12.4. The topological polar surface area (TPSA) is 35.6 Å². The van der Waals surface area contributed by atoms with Crippen molar-refractivity contribution in [3.05, 3.63) is 92.5 Å². The van der Waals surface area contributed by atoms with Crippen molar-refractivity contribution < 1.29 is 4.79 Å². The van der Waals surface area contributed by atoms with Gasteiger partial charge in [-0.1, -0.05) is 35.9 Å². The first-order valence-electron chi connectivity index (χ1n) is 9.96. The maximum Gasteiger partial charge on any atom is 0.255 e. The van der Waals surface area contributed by atoms with E-state index in [2.05, 4.69) is 55.9 Å². The van der Waals surface area contributed by atoms with Crippen LogP contribution in [-0.4, -0.2) is 37.0 Å². The predicted octanol–water partition coefficient (Wildman–Crippen LogP) is 5.52. The first-order chi connectivity index (χ1) is 14.6. The van der Waals surface area contributed by atoms with Crippen LogP contribution < -0.4 is 10.2 Å². The number of benzene rings is 3. The van der Waals surface area contributed by atoms with Crippen molar-refractivity contribution in [3.8, 4) is 0 Å². The maximum atomic E-state index is 12.4. The summed E-state index contributed by atoms with van der Waals surface area (Å²) < 4.78 is 1.05. The number of carbonyl (C=O) groups excluding carboxylic acids is 1. The summed E-state index contributed by atoms with van der Waals surface area (Å²) in [5.74, 6) is -0.0885. The molecule has 0 unspecified atom stereocenters. The number of nitrogens with one attached hydrogen (secondary N) is 1. The average Bonchev–Trinajstić information content (AvgIpc) is 2.76. The Balaban J connectivity index is 1.31. The van der Waals surface area contributed by atoms with Gasteiger partial charge in [0.1, 0.15) is 0 Å². The van der Waals surface area contributed by atoms with Gasteiger partial charge in [0.25, 0.3) is 5.91 Å². The van der Waals surface area contributed by atoms with Crippen LogP contribution >= 0.6 is 34.2 Å². The molecule has 1 fully saturated rings. The van der Waals surface area contributed by atoms with E-state index in [1.54, 1.807) is 0 Å². The van der Waals surface area contributed by atoms with Crippen LogP contribution in [0.4, 0.5) is 11.4 Å². The van der Waals surface area contributed by atoms with Crippen LogP contribution in [0, 0.1) is 3.57 Å². The minimum atomic E-state index is -0.0885. The largest absolute Gasteiger partial charge is 0.369 e. The van der Waals surface area contributed by atoms with Crippen LogP contribution in [0.15, 0.2) is 72.8 Å². The molecule has 154 valence electrons. The van der Waals surface area contributed by atoms with E-state index in [0.29, 0.717) is 5.56 Å². The SMILES string of the molecule is O=C(Nc1ccc(N2CCN(Cc3ccccc3Cl)CC2)cc1)c1cccc(I)c1. The van der Waals surface area contributed by atoms with E-state index in [1.807, 2.05) is 54.6 Å². The lowest BCUT2D eigenvalue weighted by atomic mass is 10.1. The van der Waals surface area contributed by atoms with Crippen LogP contribution in [0.1, 0.15) is 15.9 Å². The van der Waals surface area contributed by atoms with Crippen molar-refractivity contribution in [1.82, 2.24) is 4.90 Å². The highest BCUT2D eigenvalue weighted by Crippen LogP contribution is 2.22. The molecule has 4 rings (SSSR count). The highest BCUT2D eigenvalue weighted by Gasteiger charge is 2.18. The Morgan fingerprint density at radius 2 is 1.67 bits per heavy atom. The molecule has 1 aliphatic rings. The number of piperazine rings is 1. The fourth-order valence-corrected chi connectivity index (χ4v) is 4.36. The quantitative estimate of drug-likeness (QED) is 0.441. The zero-order valence-electron chi connectivity index (χ0n) is 16.5. The number of halogens is 2. The first kappa shape index (κ1) is 21.2.